The van der Waals surface area contributed by atoms with Crippen LogP contribution in [0.3, 0.4) is 0 Å². The molecule has 1 aromatic heterocycles. The summed E-state index contributed by atoms with van der Waals surface area (Å²) in [6.07, 6.45) is 4.22. The summed E-state index contributed by atoms with van der Waals surface area (Å²) in [5, 5.41) is 0. The van der Waals surface area contributed by atoms with Crippen LogP contribution in [0.15, 0.2) is 42.7 Å². The van der Waals surface area contributed by atoms with Gasteiger partial charge in [-0.15, -0.1) is 0 Å². The molecule has 0 aliphatic carbocycles. The molecule has 3 heterocycles. The van der Waals surface area contributed by atoms with E-state index in [-0.39, 0.29) is 11.7 Å². The normalized spacial score (nSPS) is 17.4. The van der Waals surface area contributed by atoms with E-state index >= 15 is 0 Å². The number of pyridine rings is 1. The van der Waals surface area contributed by atoms with E-state index in [9.17, 15) is 14.0 Å². The first-order chi connectivity index (χ1) is 14.1. The average Bonchev–Trinajstić information content (AvgIpc) is 2.79. The van der Waals surface area contributed by atoms with Crippen molar-refractivity contribution >= 4 is 23.7 Å². The van der Waals surface area contributed by atoms with Crippen LogP contribution in [0.4, 0.5) is 15.8 Å². The van der Waals surface area contributed by atoms with Crippen molar-refractivity contribution < 1.29 is 14.0 Å². The standard InChI is InChI=1S/C21H24FN5O2/c22-18-1-3-19(4-2-18)25-9-11-26(12-10-25)20-13-17(14-23-15-20)21(29)27-7-5-24(16-28)6-8-27/h1-4,13-16H,5-12H2. The SMILES string of the molecule is O=CN1CCN(C(=O)c2cncc(N3CCN(c4ccc(F)cc4)CC3)c2)CC1. The Hall–Kier alpha value is -3.16. The van der Waals surface area contributed by atoms with Crippen molar-refractivity contribution in [3.05, 3.63) is 54.1 Å². The smallest absolute Gasteiger partial charge is 0.255 e. The molecule has 0 atom stereocenters. The van der Waals surface area contributed by atoms with E-state index in [0.717, 1.165) is 44.0 Å². The zero-order valence-corrected chi connectivity index (χ0v) is 16.2. The summed E-state index contributed by atoms with van der Waals surface area (Å²) in [4.78, 5) is 35.8. The minimum absolute atomic E-state index is 0.0464. The molecular weight excluding hydrogens is 373 g/mol. The van der Waals surface area contributed by atoms with Gasteiger partial charge >= 0.3 is 0 Å². The van der Waals surface area contributed by atoms with Gasteiger partial charge in [-0.2, -0.15) is 0 Å². The van der Waals surface area contributed by atoms with Gasteiger partial charge in [0.25, 0.3) is 5.91 Å². The number of amides is 2. The first-order valence-electron chi connectivity index (χ1n) is 9.83. The lowest BCUT2D eigenvalue weighted by Crippen LogP contribution is -2.48. The maximum Gasteiger partial charge on any atom is 0.255 e. The van der Waals surface area contributed by atoms with E-state index < -0.39 is 0 Å². The highest BCUT2D eigenvalue weighted by Crippen LogP contribution is 2.21. The second kappa shape index (κ2) is 8.46. The first-order valence-corrected chi connectivity index (χ1v) is 9.83. The minimum Gasteiger partial charge on any atom is -0.368 e. The van der Waals surface area contributed by atoms with Crippen LogP contribution < -0.4 is 9.80 Å². The lowest BCUT2D eigenvalue weighted by atomic mass is 10.2. The Morgan fingerprint density at radius 2 is 1.48 bits per heavy atom. The largest absolute Gasteiger partial charge is 0.368 e. The van der Waals surface area contributed by atoms with Crippen LogP contribution in [0.2, 0.25) is 0 Å². The highest BCUT2D eigenvalue weighted by molar-refractivity contribution is 5.95. The highest BCUT2D eigenvalue weighted by Gasteiger charge is 2.23. The van der Waals surface area contributed by atoms with Crippen molar-refractivity contribution in [2.45, 2.75) is 0 Å². The van der Waals surface area contributed by atoms with Crippen molar-refractivity contribution in [3.8, 4) is 0 Å². The molecule has 7 nitrogen and oxygen atoms in total. The number of hydrogen-bond donors (Lipinski definition) is 0. The van der Waals surface area contributed by atoms with Crippen molar-refractivity contribution in [3.63, 3.8) is 0 Å². The van der Waals surface area contributed by atoms with Gasteiger partial charge in [-0.3, -0.25) is 14.6 Å². The molecule has 0 radical (unpaired) electrons. The number of anilines is 2. The maximum absolute atomic E-state index is 13.1. The fourth-order valence-corrected chi connectivity index (χ4v) is 3.81. The Bertz CT molecular complexity index is 860. The van der Waals surface area contributed by atoms with Crippen LogP contribution in [-0.4, -0.2) is 79.5 Å². The molecule has 2 fully saturated rings. The Labute approximate surface area is 169 Å². The minimum atomic E-state index is -0.229. The maximum atomic E-state index is 13.1. The van der Waals surface area contributed by atoms with Gasteiger partial charge in [0.15, 0.2) is 0 Å². The average molecular weight is 397 g/mol. The van der Waals surface area contributed by atoms with E-state index in [0.29, 0.717) is 31.7 Å². The number of halogens is 1. The molecule has 2 aromatic rings. The summed E-state index contributed by atoms with van der Waals surface area (Å²) in [5.74, 6) is -0.276. The molecule has 4 rings (SSSR count). The molecule has 29 heavy (non-hydrogen) atoms. The van der Waals surface area contributed by atoms with Crippen LogP contribution in [0, 0.1) is 5.82 Å². The number of rotatable bonds is 4. The van der Waals surface area contributed by atoms with Gasteiger partial charge in [0.1, 0.15) is 5.82 Å². The van der Waals surface area contributed by atoms with Gasteiger partial charge in [-0.25, -0.2) is 4.39 Å². The Kier molecular flexibility index (Phi) is 5.59. The molecule has 2 aliphatic heterocycles. The predicted octanol–water partition coefficient (Wildman–Crippen LogP) is 1.46. The number of aromatic nitrogens is 1. The predicted molar refractivity (Wildman–Crippen MR) is 109 cm³/mol. The Balaban J connectivity index is 1.38. The van der Waals surface area contributed by atoms with E-state index in [2.05, 4.69) is 14.8 Å². The highest BCUT2D eigenvalue weighted by atomic mass is 19.1. The van der Waals surface area contributed by atoms with Gasteiger partial charge in [0, 0.05) is 64.2 Å². The number of piperazine rings is 2. The van der Waals surface area contributed by atoms with Crippen LogP contribution in [0.5, 0.6) is 0 Å². The second-order valence-corrected chi connectivity index (χ2v) is 7.32. The van der Waals surface area contributed by atoms with Gasteiger partial charge in [0.2, 0.25) is 6.41 Å². The van der Waals surface area contributed by atoms with Crippen LogP contribution in [0.1, 0.15) is 10.4 Å². The van der Waals surface area contributed by atoms with E-state index in [1.807, 2.05) is 6.07 Å². The van der Waals surface area contributed by atoms with Gasteiger partial charge in [-0.1, -0.05) is 0 Å². The summed E-state index contributed by atoms with van der Waals surface area (Å²) in [5.41, 5.74) is 2.52. The molecule has 2 aliphatic rings. The first kappa shape index (κ1) is 19.2. The van der Waals surface area contributed by atoms with E-state index in [4.69, 9.17) is 0 Å². The fourth-order valence-electron chi connectivity index (χ4n) is 3.81. The molecule has 0 saturated carbocycles. The molecule has 2 saturated heterocycles. The number of benzene rings is 1. The number of nitrogens with zero attached hydrogens (tertiary/aromatic N) is 5. The topological polar surface area (TPSA) is 60.0 Å². The van der Waals surface area contributed by atoms with Crippen molar-refractivity contribution in [1.29, 1.82) is 0 Å². The van der Waals surface area contributed by atoms with Gasteiger partial charge in [-0.05, 0) is 30.3 Å². The molecule has 0 bridgehead atoms. The number of hydrogen-bond acceptors (Lipinski definition) is 5. The van der Waals surface area contributed by atoms with E-state index in [1.165, 1.54) is 12.1 Å². The fraction of sp³-hybridized carbons (Fsp3) is 0.381. The summed E-state index contributed by atoms with van der Waals surface area (Å²) < 4.78 is 13.1. The molecule has 2 amide bonds. The zero-order chi connectivity index (χ0) is 20.2. The van der Waals surface area contributed by atoms with Gasteiger partial charge < -0.3 is 19.6 Å². The number of carbonyl (C=O) groups excluding carboxylic acids is 2. The third kappa shape index (κ3) is 4.31. The van der Waals surface area contributed by atoms with Crippen molar-refractivity contribution in [2.24, 2.45) is 0 Å². The van der Waals surface area contributed by atoms with Crippen molar-refractivity contribution in [2.75, 3.05) is 62.2 Å². The van der Waals surface area contributed by atoms with Crippen LogP contribution in [0.25, 0.3) is 0 Å². The molecule has 0 unspecified atom stereocenters. The third-order valence-electron chi connectivity index (χ3n) is 5.56. The lowest BCUT2D eigenvalue weighted by Gasteiger charge is -2.37. The summed E-state index contributed by atoms with van der Waals surface area (Å²) in [6.45, 7) is 5.44. The lowest BCUT2D eigenvalue weighted by molar-refractivity contribution is -0.119. The van der Waals surface area contributed by atoms with Crippen molar-refractivity contribution in [1.82, 2.24) is 14.8 Å². The second-order valence-electron chi connectivity index (χ2n) is 7.32. The summed E-state index contributed by atoms with van der Waals surface area (Å²) in [6, 6.07) is 8.46. The molecule has 1 aromatic carbocycles. The monoisotopic (exact) mass is 397 g/mol. The van der Waals surface area contributed by atoms with Crippen LogP contribution >= 0.6 is 0 Å². The Morgan fingerprint density at radius 1 is 0.862 bits per heavy atom. The zero-order valence-electron chi connectivity index (χ0n) is 16.2. The molecule has 0 N–H and O–H groups in total. The summed E-state index contributed by atoms with van der Waals surface area (Å²) in [7, 11) is 0. The Morgan fingerprint density at radius 3 is 2.10 bits per heavy atom. The van der Waals surface area contributed by atoms with E-state index in [1.54, 1.807) is 34.3 Å². The third-order valence-corrected chi connectivity index (χ3v) is 5.56. The van der Waals surface area contributed by atoms with Crippen LogP contribution in [-0.2, 0) is 4.79 Å². The quantitative estimate of drug-likeness (QED) is 0.731. The molecular formula is C21H24FN5O2. The molecule has 0 spiro atoms. The summed E-state index contributed by atoms with van der Waals surface area (Å²) >= 11 is 0. The molecule has 8 heteroatoms. The number of carbonyl (C=O) groups is 2. The molecule has 152 valence electrons. The van der Waals surface area contributed by atoms with Gasteiger partial charge in [0.05, 0.1) is 17.4 Å².